The molecule has 0 aliphatic carbocycles. The monoisotopic (exact) mass is 484 g/mol. The number of alkyl halides is 3. The molecule has 0 fully saturated rings. The molecule has 12 heteroatoms. The highest BCUT2D eigenvalue weighted by atomic mass is 32.2. The molecule has 0 aliphatic heterocycles. The van der Waals surface area contributed by atoms with Gasteiger partial charge in [0, 0.05) is 29.2 Å². The van der Waals surface area contributed by atoms with Gasteiger partial charge in [0.2, 0.25) is 0 Å². The minimum atomic E-state index is -5.36. The fourth-order valence-electron chi connectivity index (χ4n) is 3.07. The number of nitrogens with two attached hydrogens (primary N) is 1. The average molecular weight is 485 g/mol. The second-order valence-electron chi connectivity index (χ2n) is 8.27. The Hall–Kier alpha value is -2.96. The maximum atomic E-state index is 12.8. The molecule has 0 saturated carbocycles. The second kappa shape index (κ2) is 8.76. The van der Waals surface area contributed by atoms with Crippen molar-refractivity contribution in [2.45, 2.75) is 37.3 Å². The standard InChI is InChI=1S/C21H23F3N4O4S/c1-20(2,3)17-12-16-15(8-10-26-18(16)27-17)13-4-6-14(7-5-13)33(30,31)28(11-9-25)32-19(29)21(22,23)24/h4-8,10,12H,9,11,25H2,1-3H3,(H,26,27). The summed E-state index contributed by atoms with van der Waals surface area (Å²) in [6, 6.07) is 9.22. The summed E-state index contributed by atoms with van der Waals surface area (Å²) in [7, 11) is -4.58. The second-order valence-corrected chi connectivity index (χ2v) is 10.1. The first-order chi connectivity index (χ1) is 15.2. The van der Waals surface area contributed by atoms with Gasteiger partial charge in [0.25, 0.3) is 10.0 Å². The Morgan fingerprint density at radius 2 is 1.79 bits per heavy atom. The molecule has 178 valence electrons. The van der Waals surface area contributed by atoms with E-state index in [0.29, 0.717) is 11.2 Å². The number of hydrogen-bond acceptors (Lipinski definition) is 6. The van der Waals surface area contributed by atoms with Crippen LogP contribution in [0.25, 0.3) is 22.2 Å². The summed E-state index contributed by atoms with van der Waals surface area (Å²) >= 11 is 0. The molecular formula is C21H23F3N4O4S. The molecule has 8 nitrogen and oxygen atoms in total. The molecular weight excluding hydrogens is 461 g/mol. The van der Waals surface area contributed by atoms with Crippen LogP contribution in [0.4, 0.5) is 13.2 Å². The van der Waals surface area contributed by atoms with Crippen LogP contribution in [0.2, 0.25) is 0 Å². The predicted octanol–water partition coefficient (Wildman–Crippen LogP) is 3.50. The van der Waals surface area contributed by atoms with Crippen molar-refractivity contribution in [2.75, 3.05) is 13.1 Å². The third-order valence-electron chi connectivity index (χ3n) is 4.80. The van der Waals surface area contributed by atoms with Crippen molar-refractivity contribution < 1.29 is 31.2 Å². The number of nitrogens with zero attached hydrogens (tertiary/aromatic N) is 2. The number of fused-ring (bicyclic) bond motifs is 1. The van der Waals surface area contributed by atoms with Crippen molar-refractivity contribution in [3.63, 3.8) is 0 Å². The molecule has 0 unspecified atom stereocenters. The van der Waals surface area contributed by atoms with Gasteiger partial charge in [-0.1, -0.05) is 32.9 Å². The first-order valence-electron chi connectivity index (χ1n) is 9.85. The molecule has 33 heavy (non-hydrogen) atoms. The van der Waals surface area contributed by atoms with Crippen molar-refractivity contribution in [2.24, 2.45) is 5.73 Å². The molecule has 0 atom stereocenters. The minimum absolute atomic E-state index is 0.0514. The van der Waals surface area contributed by atoms with Crippen molar-refractivity contribution >= 4 is 27.0 Å². The average Bonchev–Trinajstić information content (AvgIpc) is 3.18. The summed E-state index contributed by atoms with van der Waals surface area (Å²) in [5.74, 6) is -2.66. The van der Waals surface area contributed by atoms with Crippen molar-refractivity contribution in [1.29, 1.82) is 0 Å². The van der Waals surface area contributed by atoms with Gasteiger partial charge in [0.05, 0.1) is 11.4 Å². The lowest BCUT2D eigenvalue weighted by molar-refractivity contribution is -0.222. The first-order valence-corrected chi connectivity index (χ1v) is 11.3. The van der Waals surface area contributed by atoms with Crippen LogP contribution in [0.5, 0.6) is 0 Å². The Bertz CT molecular complexity index is 1260. The molecule has 0 amide bonds. The number of sulfonamides is 1. The SMILES string of the molecule is CC(C)(C)c1cc2c(-c3ccc(S(=O)(=O)N(CCN)OC(=O)C(F)(F)F)cc3)ccnc2[nH]1. The van der Waals surface area contributed by atoms with Crippen LogP contribution in [0.1, 0.15) is 26.5 Å². The molecule has 3 aromatic rings. The number of H-pyrrole nitrogens is 1. The van der Waals surface area contributed by atoms with E-state index in [1.807, 2.05) is 6.07 Å². The van der Waals surface area contributed by atoms with Gasteiger partial charge >= 0.3 is 12.1 Å². The lowest BCUT2D eigenvalue weighted by atomic mass is 9.92. The maximum absolute atomic E-state index is 12.8. The van der Waals surface area contributed by atoms with E-state index in [0.717, 1.165) is 16.6 Å². The molecule has 0 spiro atoms. The quantitative estimate of drug-likeness (QED) is 0.517. The number of aromatic amines is 1. The fraction of sp³-hybridized carbons (Fsp3) is 0.333. The zero-order valence-electron chi connectivity index (χ0n) is 18.1. The highest BCUT2D eigenvalue weighted by Crippen LogP contribution is 2.32. The number of benzene rings is 1. The van der Waals surface area contributed by atoms with E-state index in [2.05, 4.69) is 35.6 Å². The van der Waals surface area contributed by atoms with Crippen LogP contribution in [0, 0.1) is 0 Å². The largest absolute Gasteiger partial charge is 0.492 e. The number of carbonyl (C=O) groups excluding carboxylic acids is 1. The van der Waals surface area contributed by atoms with E-state index in [4.69, 9.17) is 5.73 Å². The van der Waals surface area contributed by atoms with Gasteiger partial charge < -0.3 is 15.6 Å². The number of carbonyl (C=O) groups is 1. The van der Waals surface area contributed by atoms with Crippen molar-refractivity contribution in [3.8, 4) is 11.1 Å². The van der Waals surface area contributed by atoms with Crippen LogP contribution < -0.4 is 5.73 Å². The highest BCUT2D eigenvalue weighted by molar-refractivity contribution is 7.89. The Morgan fingerprint density at radius 1 is 1.15 bits per heavy atom. The van der Waals surface area contributed by atoms with E-state index < -0.39 is 28.7 Å². The van der Waals surface area contributed by atoms with E-state index >= 15 is 0 Å². The number of hydrogen-bond donors (Lipinski definition) is 2. The highest BCUT2D eigenvalue weighted by Gasteiger charge is 2.44. The zero-order chi connectivity index (χ0) is 24.6. The van der Waals surface area contributed by atoms with E-state index in [-0.39, 0.29) is 21.3 Å². The number of halogens is 3. The Balaban J connectivity index is 1.96. The summed E-state index contributed by atoms with van der Waals surface area (Å²) in [5, 5.41) is 0.835. The van der Waals surface area contributed by atoms with Gasteiger partial charge in [-0.2, -0.15) is 13.2 Å². The fourth-order valence-corrected chi connectivity index (χ4v) is 4.30. The van der Waals surface area contributed by atoms with Crippen LogP contribution in [0.3, 0.4) is 0 Å². The molecule has 0 bridgehead atoms. The van der Waals surface area contributed by atoms with Crippen molar-refractivity contribution in [1.82, 2.24) is 14.4 Å². The molecule has 3 N–H and O–H groups in total. The van der Waals surface area contributed by atoms with Crippen molar-refractivity contribution in [3.05, 3.63) is 48.3 Å². The molecule has 3 rings (SSSR count). The number of rotatable bonds is 6. The molecule has 2 heterocycles. The summed E-state index contributed by atoms with van der Waals surface area (Å²) in [6.45, 7) is 5.15. The topological polar surface area (TPSA) is 118 Å². The molecule has 2 aromatic heterocycles. The Labute approximate surface area is 188 Å². The van der Waals surface area contributed by atoms with Crippen LogP contribution in [0.15, 0.2) is 47.5 Å². The summed E-state index contributed by atoms with van der Waals surface area (Å²) in [5.41, 5.74) is 8.24. The predicted molar refractivity (Wildman–Crippen MR) is 115 cm³/mol. The molecule has 0 saturated heterocycles. The van der Waals surface area contributed by atoms with Crippen LogP contribution >= 0.6 is 0 Å². The smallest absolute Gasteiger partial charge is 0.345 e. The van der Waals surface area contributed by atoms with Gasteiger partial charge in [-0.15, -0.1) is 0 Å². The van der Waals surface area contributed by atoms with Crippen LogP contribution in [-0.2, 0) is 25.1 Å². The molecule has 0 aliphatic rings. The van der Waals surface area contributed by atoms with Gasteiger partial charge in [-0.05, 0) is 39.9 Å². The summed E-state index contributed by atoms with van der Waals surface area (Å²) in [4.78, 5) is 22.5. The lowest BCUT2D eigenvalue weighted by Crippen LogP contribution is -2.41. The van der Waals surface area contributed by atoms with Gasteiger partial charge in [-0.3, -0.25) is 0 Å². The van der Waals surface area contributed by atoms with Gasteiger partial charge in [0.15, 0.2) is 0 Å². The minimum Gasteiger partial charge on any atom is -0.345 e. The summed E-state index contributed by atoms with van der Waals surface area (Å²) < 4.78 is 63.1. The Morgan fingerprint density at radius 3 is 2.33 bits per heavy atom. The summed E-state index contributed by atoms with van der Waals surface area (Å²) in [6.07, 6.45) is -3.74. The first kappa shape index (κ1) is 24.7. The zero-order valence-corrected chi connectivity index (χ0v) is 18.9. The number of aromatic nitrogens is 2. The van der Waals surface area contributed by atoms with Gasteiger partial charge in [-0.25, -0.2) is 18.2 Å². The normalized spacial score (nSPS) is 13.0. The number of pyridine rings is 1. The third kappa shape index (κ3) is 5.18. The number of nitrogens with one attached hydrogen (secondary N) is 1. The maximum Gasteiger partial charge on any atom is 0.492 e. The molecule has 1 aromatic carbocycles. The Kier molecular flexibility index (Phi) is 6.55. The van der Waals surface area contributed by atoms with E-state index in [1.54, 1.807) is 12.3 Å². The molecule has 0 radical (unpaired) electrons. The third-order valence-corrected chi connectivity index (χ3v) is 6.46. The van der Waals surface area contributed by atoms with E-state index in [9.17, 15) is 26.4 Å². The lowest BCUT2D eigenvalue weighted by Gasteiger charge is -2.21. The van der Waals surface area contributed by atoms with Crippen LogP contribution in [-0.4, -0.2) is 48.1 Å². The number of hydroxylamine groups is 1. The van der Waals surface area contributed by atoms with Gasteiger partial charge in [0.1, 0.15) is 5.65 Å². The van der Waals surface area contributed by atoms with E-state index in [1.165, 1.54) is 24.3 Å².